The van der Waals surface area contributed by atoms with Gasteiger partial charge < -0.3 is 0 Å². The lowest BCUT2D eigenvalue weighted by molar-refractivity contribution is 0.601. The summed E-state index contributed by atoms with van der Waals surface area (Å²) in [6.07, 6.45) is 1.46. The van der Waals surface area contributed by atoms with Crippen LogP contribution in [0, 0.1) is 11.3 Å². The maximum absolute atomic E-state index is 12.2. The van der Waals surface area contributed by atoms with Crippen molar-refractivity contribution in [3.05, 3.63) is 51.6 Å². The summed E-state index contributed by atoms with van der Waals surface area (Å²) in [4.78, 5) is 3.79. The van der Waals surface area contributed by atoms with Crippen molar-refractivity contribution in [3.63, 3.8) is 0 Å². The lowest BCUT2D eigenvalue weighted by atomic mass is 10.2. The number of halogens is 2. The molecular formula is C12H7BrClN3O2S. The standard InChI is InChI=1S/C12H7BrClN3O2S/c13-9-3-4-16-12(6-9)17-20(18,19)11-2-1-8(7-15)5-10(11)14/h1-6H,(H,16,17). The van der Waals surface area contributed by atoms with Crippen molar-refractivity contribution in [2.24, 2.45) is 0 Å². The average Bonchev–Trinajstić information content (AvgIpc) is 2.37. The van der Waals surface area contributed by atoms with Crippen LogP contribution in [0.25, 0.3) is 0 Å². The normalized spacial score (nSPS) is 10.8. The third-order valence-electron chi connectivity index (χ3n) is 2.31. The van der Waals surface area contributed by atoms with Gasteiger partial charge in [-0.1, -0.05) is 27.5 Å². The number of nitriles is 1. The molecule has 1 N–H and O–H groups in total. The van der Waals surface area contributed by atoms with Crippen LogP contribution in [0.15, 0.2) is 45.9 Å². The maximum atomic E-state index is 12.2. The first-order valence-corrected chi connectivity index (χ1v) is 7.92. The summed E-state index contributed by atoms with van der Waals surface area (Å²) < 4.78 is 27.4. The largest absolute Gasteiger partial charge is 0.264 e. The first-order chi connectivity index (χ1) is 9.42. The van der Waals surface area contributed by atoms with Gasteiger partial charge in [0.25, 0.3) is 10.0 Å². The molecule has 0 spiro atoms. The fraction of sp³-hybridized carbons (Fsp3) is 0. The van der Waals surface area contributed by atoms with Gasteiger partial charge in [0.05, 0.1) is 16.7 Å². The molecule has 0 atom stereocenters. The molecule has 0 aliphatic rings. The zero-order valence-electron chi connectivity index (χ0n) is 9.84. The van der Waals surface area contributed by atoms with E-state index in [1.165, 1.54) is 30.5 Å². The number of aromatic nitrogens is 1. The molecule has 8 heteroatoms. The molecule has 1 heterocycles. The van der Waals surface area contributed by atoms with Crippen LogP contribution in [0.5, 0.6) is 0 Å². The quantitative estimate of drug-likeness (QED) is 0.897. The van der Waals surface area contributed by atoms with Crippen LogP contribution >= 0.6 is 27.5 Å². The van der Waals surface area contributed by atoms with Gasteiger partial charge in [-0.25, -0.2) is 13.4 Å². The molecule has 1 aromatic carbocycles. The van der Waals surface area contributed by atoms with Gasteiger partial charge in [-0.15, -0.1) is 0 Å². The van der Waals surface area contributed by atoms with Crippen molar-refractivity contribution >= 4 is 43.4 Å². The van der Waals surface area contributed by atoms with Gasteiger partial charge in [-0.05, 0) is 30.3 Å². The molecule has 0 saturated heterocycles. The van der Waals surface area contributed by atoms with E-state index in [2.05, 4.69) is 25.6 Å². The van der Waals surface area contributed by atoms with Crippen LogP contribution in [-0.2, 0) is 10.0 Å². The zero-order chi connectivity index (χ0) is 14.8. The molecular weight excluding hydrogens is 366 g/mol. The van der Waals surface area contributed by atoms with E-state index >= 15 is 0 Å². The number of rotatable bonds is 3. The smallest absolute Gasteiger partial charge is 0.263 e. The van der Waals surface area contributed by atoms with E-state index in [-0.39, 0.29) is 21.3 Å². The Kier molecular flexibility index (Phi) is 4.28. The Labute approximate surface area is 129 Å². The van der Waals surface area contributed by atoms with Crippen LogP contribution in [0.1, 0.15) is 5.56 Å². The Morgan fingerprint density at radius 2 is 2.05 bits per heavy atom. The minimum absolute atomic E-state index is 0.0217. The molecule has 2 aromatic rings. The van der Waals surface area contributed by atoms with E-state index in [1.807, 2.05) is 6.07 Å². The highest BCUT2D eigenvalue weighted by Crippen LogP contribution is 2.24. The average molecular weight is 373 g/mol. The number of benzene rings is 1. The molecule has 0 bridgehead atoms. The highest BCUT2D eigenvalue weighted by atomic mass is 79.9. The highest BCUT2D eigenvalue weighted by Gasteiger charge is 2.19. The second-order valence-corrected chi connectivity index (χ2v) is 6.70. The molecule has 2 rings (SSSR count). The third-order valence-corrected chi connectivity index (χ3v) is 4.64. The fourth-order valence-electron chi connectivity index (χ4n) is 1.44. The van der Waals surface area contributed by atoms with E-state index in [4.69, 9.17) is 16.9 Å². The summed E-state index contributed by atoms with van der Waals surface area (Å²) in [7, 11) is -3.86. The van der Waals surface area contributed by atoms with Crippen molar-refractivity contribution in [3.8, 4) is 6.07 Å². The Morgan fingerprint density at radius 3 is 2.65 bits per heavy atom. The van der Waals surface area contributed by atoms with E-state index in [0.29, 0.717) is 4.47 Å². The molecule has 0 amide bonds. The Bertz CT molecular complexity index is 803. The number of pyridine rings is 1. The minimum atomic E-state index is -3.86. The second-order valence-electron chi connectivity index (χ2n) is 3.72. The van der Waals surface area contributed by atoms with E-state index < -0.39 is 10.0 Å². The summed E-state index contributed by atoms with van der Waals surface area (Å²) in [5, 5.41) is 8.71. The Balaban J connectivity index is 2.39. The second kappa shape index (κ2) is 5.79. The van der Waals surface area contributed by atoms with Gasteiger partial charge in [0.15, 0.2) is 0 Å². The number of sulfonamides is 1. The molecule has 0 aliphatic heterocycles. The number of hydrogen-bond donors (Lipinski definition) is 1. The van der Waals surface area contributed by atoms with Gasteiger partial charge in [0, 0.05) is 10.7 Å². The molecule has 5 nitrogen and oxygen atoms in total. The van der Waals surface area contributed by atoms with Crippen LogP contribution in [0.4, 0.5) is 5.82 Å². The Hall–Kier alpha value is -1.62. The molecule has 0 fully saturated rings. The molecule has 0 radical (unpaired) electrons. The van der Waals surface area contributed by atoms with Crippen LogP contribution in [0.2, 0.25) is 5.02 Å². The van der Waals surface area contributed by atoms with Gasteiger partial charge in [0.2, 0.25) is 0 Å². The number of anilines is 1. The molecule has 0 saturated carbocycles. The van der Waals surface area contributed by atoms with Gasteiger partial charge in [-0.3, -0.25) is 4.72 Å². The van der Waals surface area contributed by atoms with Crippen molar-refractivity contribution in [1.29, 1.82) is 5.26 Å². The summed E-state index contributed by atoms with van der Waals surface area (Å²) in [6, 6.07) is 9.04. The fourth-order valence-corrected chi connectivity index (χ4v) is 3.32. The van der Waals surface area contributed by atoms with E-state index in [1.54, 1.807) is 6.07 Å². The zero-order valence-corrected chi connectivity index (χ0v) is 13.0. The van der Waals surface area contributed by atoms with Crippen molar-refractivity contribution in [1.82, 2.24) is 4.98 Å². The van der Waals surface area contributed by atoms with E-state index in [9.17, 15) is 8.42 Å². The predicted molar refractivity (Wildman–Crippen MR) is 78.9 cm³/mol. The van der Waals surface area contributed by atoms with Crippen molar-refractivity contribution in [2.75, 3.05) is 4.72 Å². The number of nitrogens with one attached hydrogen (secondary N) is 1. The predicted octanol–water partition coefficient (Wildman–Crippen LogP) is 3.17. The monoisotopic (exact) mass is 371 g/mol. The molecule has 0 aliphatic carbocycles. The molecule has 20 heavy (non-hydrogen) atoms. The van der Waals surface area contributed by atoms with Crippen molar-refractivity contribution < 1.29 is 8.42 Å². The topological polar surface area (TPSA) is 82.8 Å². The van der Waals surface area contributed by atoms with Gasteiger partial charge in [0.1, 0.15) is 10.7 Å². The third kappa shape index (κ3) is 3.28. The highest BCUT2D eigenvalue weighted by molar-refractivity contribution is 9.10. The number of hydrogen-bond acceptors (Lipinski definition) is 4. The van der Waals surface area contributed by atoms with Gasteiger partial charge in [-0.2, -0.15) is 5.26 Å². The lowest BCUT2D eigenvalue weighted by Gasteiger charge is -2.09. The molecule has 102 valence electrons. The molecule has 1 aromatic heterocycles. The Morgan fingerprint density at radius 1 is 1.30 bits per heavy atom. The van der Waals surface area contributed by atoms with Crippen LogP contribution in [-0.4, -0.2) is 13.4 Å². The lowest BCUT2D eigenvalue weighted by Crippen LogP contribution is -2.14. The summed E-state index contributed by atoms with van der Waals surface area (Å²) in [6.45, 7) is 0. The van der Waals surface area contributed by atoms with Crippen molar-refractivity contribution in [2.45, 2.75) is 4.90 Å². The molecule has 0 unspecified atom stereocenters. The number of nitrogens with zero attached hydrogens (tertiary/aromatic N) is 2. The summed E-state index contributed by atoms with van der Waals surface area (Å²) >= 11 is 9.11. The SMILES string of the molecule is N#Cc1ccc(S(=O)(=O)Nc2cc(Br)ccn2)c(Cl)c1. The van der Waals surface area contributed by atoms with Crippen LogP contribution < -0.4 is 4.72 Å². The maximum Gasteiger partial charge on any atom is 0.264 e. The first kappa shape index (κ1) is 14.8. The minimum Gasteiger partial charge on any atom is -0.263 e. The summed E-state index contributed by atoms with van der Waals surface area (Å²) in [5.74, 6) is 0.166. The van der Waals surface area contributed by atoms with Crippen LogP contribution in [0.3, 0.4) is 0 Å². The first-order valence-electron chi connectivity index (χ1n) is 5.26. The van der Waals surface area contributed by atoms with Gasteiger partial charge >= 0.3 is 0 Å². The summed E-state index contributed by atoms with van der Waals surface area (Å²) in [5.41, 5.74) is 0.287. The van der Waals surface area contributed by atoms with E-state index in [0.717, 1.165) is 0 Å².